The third-order valence-electron chi connectivity index (χ3n) is 2.77. The lowest BCUT2D eigenvalue weighted by Crippen LogP contribution is -2.35. The number of rotatable bonds is 6. The van der Waals surface area contributed by atoms with Gasteiger partial charge in [0, 0.05) is 18.4 Å². The van der Waals surface area contributed by atoms with Crippen molar-refractivity contribution in [2.24, 2.45) is 5.41 Å². The molecule has 0 saturated heterocycles. The van der Waals surface area contributed by atoms with Gasteiger partial charge in [-0.15, -0.1) is 0 Å². The molecule has 0 aliphatic heterocycles. The molecule has 0 aliphatic carbocycles. The van der Waals surface area contributed by atoms with E-state index in [1.165, 1.54) is 18.4 Å². The monoisotopic (exact) mass is 234 g/mol. The maximum absolute atomic E-state index is 4.07. The molecule has 1 heterocycles. The second kappa shape index (κ2) is 6.75. The Morgan fingerprint density at radius 2 is 1.88 bits per heavy atom. The van der Waals surface area contributed by atoms with E-state index in [1.54, 1.807) is 0 Å². The molecule has 0 amide bonds. The maximum Gasteiger partial charge on any atom is 0.0270 e. The number of nitrogens with zero attached hydrogens (tertiary/aromatic N) is 1. The molecular formula is C15H26N2. The summed E-state index contributed by atoms with van der Waals surface area (Å²) >= 11 is 0. The van der Waals surface area contributed by atoms with Crippen LogP contribution in [0.4, 0.5) is 0 Å². The highest BCUT2D eigenvalue weighted by molar-refractivity contribution is 5.11. The molecule has 1 atom stereocenters. The summed E-state index contributed by atoms with van der Waals surface area (Å²) in [5.41, 5.74) is 1.75. The molecule has 1 unspecified atom stereocenters. The van der Waals surface area contributed by atoms with E-state index in [-0.39, 0.29) is 0 Å². The van der Waals surface area contributed by atoms with Gasteiger partial charge in [-0.05, 0) is 48.9 Å². The van der Waals surface area contributed by atoms with Gasteiger partial charge in [-0.25, -0.2) is 0 Å². The predicted octanol–water partition coefficient (Wildman–Crippen LogP) is 3.43. The Kier molecular flexibility index (Phi) is 5.63. The summed E-state index contributed by atoms with van der Waals surface area (Å²) in [5.74, 6) is 0. The lowest BCUT2D eigenvalue weighted by atomic mass is 9.86. The van der Waals surface area contributed by atoms with Crippen molar-refractivity contribution in [1.29, 1.82) is 0 Å². The predicted molar refractivity (Wildman–Crippen MR) is 74.1 cm³/mol. The Labute approximate surface area is 106 Å². The van der Waals surface area contributed by atoms with Crippen LogP contribution in [0.25, 0.3) is 0 Å². The fourth-order valence-corrected chi connectivity index (χ4v) is 2.11. The van der Waals surface area contributed by atoms with Crippen LogP contribution in [0.3, 0.4) is 0 Å². The first-order chi connectivity index (χ1) is 8.01. The average Bonchev–Trinajstić information content (AvgIpc) is 2.25. The van der Waals surface area contributed by atoms with Gasteiger partial charge in [0.15, 0.2) is 0 Å². The molecule has 1 aromatic heterocycles. The first-order valence-corrected chi connectivity index (χ1v) is 6.63. The number of pyridine rings is 1. The summed E-state index contributed by atoms with van der Waals surface area (Å²) < 4.78 is 0. The normalized spacial score (nSPS) is 13.6. The fourth-order valence-electron chi connectivity index (χ4n) is 2.11. The van der Waals surface area contributed by atoms with Crippen molar-refractivity contribution < 1.29 is 0 Å². The topological polar surface area (TPSA) is 24.9 Å². The minimum Gasteiger partial charge on any atom is -0.314 e. The highest BCUT2D eigenvalue weighted by atomic mass is 14.9. The van der Waals surface area contributed by atoms with Gasteiger partial charge >= 0.3 is 0 Å². The maximum atomic E-state index is 4.07. The summed E-state index contributed by atoms with van der Waals surface area (Å²) in [6.45, 7) is 10.2. The zero-order chi connectivity index (χ0) is 12.7. The molecule has 2 heteroatoms. The van der Waals surface area contributed by atoms with Crippen LogP contribution in [0.5, 0.6) is 0 Å². The molecule has 2 nitrogen and oxygen atoms in total. The molecular weight excluding hydrogens is 208 g/mol. The molecule has 0 radical (unpaired) electrons. The number of aromatic nitrogens is 1. The number of hydrogen-bond acceptors (Lipinski definition) is 2. The van der Waals surface area contributed by atoms with Gasteiger partial charge in [-0.2, -0.15) is 0 Å². The molecule has 0 saturated carbocycles. The van der Waals surface area contributed by atoms with Gasteiger partial charge < -0.3 is 5.32 Å². The lowest BCUT2D eigenvalue weighted by molar-refractivity contribution is 0.306. The van der Waals surface area contributed by atoms with Crippen LogP contribution in [0.1, 0.15) is 46.1 Å². The van der Waals surface area contributed by atoms with Crippen LogP contribution in [-0.2, 0) is 6.42 Å². The van der Waals surface area contributed by atoms with Crippen molar-refractivity contribution in [3.8, 4) is 0 Å². The van der Waals surface area contributed by atoms with Crippen LogP contribution in [-0.4, -0.2) is 17.6 Å². The molecule has 1 N–H and O–H groups in total. The Balaban J connectivity index is 2.57. The van der Waals surface area contributed by atoms with E-state index in [0.717, 1.165) is 13.0 Å². The molecule has 0 aromatic carbocycles. The number of nitrogens with one attached hydrogen (secondary N) is 1. The zero-order valence-corrected chi connectivity index (χ0v) is 11.7. The van der Waals surface area contributed by atoms with Gasteiger partial charge in [-0.1, -0.05) is 27.7 Å². The smallest absolute Gasteiger partial charge is 0.0270 e. The lowest BCUT2D eigenvalue weighted by Gasteiger charge is -2.27. The third-order valence-corrected chi connectivity index (χ3v) is 2.77. The van der Waals surface area contributed by atoms with Crippen molar-refractivity contribution in [3.63, 3.8) is 0 Å². The van der Waals surface area contributed by atoms with Gasteiger partial charge in [0.05, 0.1) is 0 Å². The van der Waals surface area contributed by atoms with E-state index in [4.69, 9.17) is 0 Å². The molecule has 96 valence electrons. The van der Waals surface area contributed by atoms with E-state index in [2.05, 4.69) is 50.1 Å². The Morgan fingerprint density at radius 3 is 2.41 bits per heavy atom. The summed E-state index contributed by atoms with van der Waals surface area (Å²) in [7, 11) is 0. The Bertz CT molecular complexity index is 300. The summed E-state index contributed by atoms with van der Waals surface area (Å²) in [4.78, 5) is 4.07. The van der Waals surface area contributed by atoms with E-state index in [1.807, 2.05) is 12.4 Å². The van der Waals surface area contributed by atoms with Crippen LogP contribution < -0.4 is 5.32 Å². The van der Waals surface area contributed by atoms with Crippen molar-refractivity contribution in [3.05, 3.63) is 30.1 Å². The SMILES string of the molecule is CCCNC(Cc1ccncc1)CC(C)(C)C. The molecule has 0 fully saturated rings. The van der Waals surface area contributed by atoms with E-state index >= 15 is 0 Å². The van der Waals surface area contributed by atoms with Crippen LogP contribution in [0.2, 0.25) is 0 Å². The third kappa shape index (κ3) is 6.42. The average molecular weight is 234 g/mol. The Hall–Kier alpha value is -0.890. The van der Waals surface area contributed by atoms with E-state index in [9.17, 15) is 0 Å². The highest BCUT2D eigenvalue weighted by Crippen LogP contribution is 2.22. The van der Waals surface area contributed by atoms with Crippen molar-refractivity contribution in [1.82, 2.24) is 10.3 Å². The second-order valence-corrected chi connectivity index (χ2v) is 5.98. The standard InChI is InChI=1S/C15H26N2/c1-5-8-17-14(12-15(2,3)4)11-13-6-9-16-10-7-13/h6-7,9-10,14,17H,5,8,11-12H2,1-4H3. The summed E-state index contributed by atoms with van der Waals surface area (Å²) in [6.07, 6.45) is 7.25. The van der Waals surface area contributed by atoms with E-state index < -0.39 is 0 Å². The van der Waals surface area contributed by atoms with Crippen LogP contribution >= 0.6 is 0 Å². The molecule has 0 bridgehead atoms. The zero-order valence-electron chi connectivity index (χ0n) is 11.7. The van der Waals surface area contributed by atoms with Crippen molar-refractivity contribution >= 4 is 0 Å². The van der Waals surface area contributed by atoms with Gasteiger partial charge in [0.1, 0.15) is 0 Å². The van der Waals surface area contributed by atoms with Crippen LogP contribution in [0.15, 0.2) is 24.5 Å². The Morgan fingerprint density at radius 1 is 1.24 bits per heavy atom. The molecule has 1 rings (SSSR count). The second-order valence-electron chi connectivity index (χ2n) is 5.98. The molecule has 0 aliphatic rings. The minimum absolute atomic E-state index is 0.373. The van der Waals surface area contributed by atoms with Gasteiger partial charge in [0.25, 0.3) is 0 Å². The largest absolute Gasteiger partial charge is 0.314 e. The molecule has 0 spiro atoms. The van der Waals surface area contributed by atoms with E-state index in [0.29, 0.717) is 11.5 Å². The fraction of sp³-hybridized carbons (Fsp3) is 0.667. The molecule has 17 heavy (non-hydrogen) atoms. The highest BCUT2D eigenvalue weighted by Gasteiger charge is 2.18. The summed E-state index contributed by atoms with van der Waals surface area (Å²) in [6, 6.07) is 4.80. The van der Waals surface area contributed by atoms with Crippen molar-refractivity contribution in [2.45, 2.75) is 53.0 Å². The van der Waals surface area contributed by atoms with Gasteiger partial charge in [0.2, 0.25) is 0 Å². The quantitative estimate of drug-likeness (QED) is 0.815. The number of hydrogen-bond donors (Lipinski definition) is 1. The first-order valence-electron chi connectivity index (χ1n) is 6.63. The van der Waals surface area contributed by atoms with Crippen LogP contribution in [0, 0.1) is 5.41 Å². The first kappa shape index (κ1) is 14.2. The minimum atomic E-state index is 0.373. The van der Waals surface area contributed by atoms with Crippen molar-refractivity contribution in [2.75, 3.05) is 6.54 Å². The van der Waals surface area contributed by atoms with Gasteiger partial charge in [-0.3, -0.25) is 4.98 Å². The summed E-state index contributed by atoms with van der Waals surface area (Å²) in [5, 5.41) is 3.65. The molecule has 1 aromatic rings.